The molecule has 6 nitrogen and oxygen atoms in total. The predicted molar refractivity (Wildman–Crippen MR) is 144 cm³/mol. The molecular formula is C32H20ClNO5. The van der Waals surface area contributed by atoms with Crippen molar-refractivity contribution in [2.45, 2.75) is 11.7 Å². The minimum atomic E-state index is -2.13. The molecule has 2 saturated heterocycles. The number of rotatable bonds is 3. The molecular weight excluding hydrogens is 514 g/mol. The average Bonchev–Trinajstić information content (AvgIpc) is 3.54. The van der Waals surface area contributed by atoms with Gasteiger partial charge < -0.3 is 4.74 Å². The van der Waals surface area contributed by atoms with Gasteiger partial charge in [0.15, 0.2) is 0 Å². The first-order valence-electron chi connectivity index (χ1n) is 12.6. The number of benzene rings is 4. The molecule has 1 aliphatic carbocycles. The Kier molecular flexibility index (Phi) is 5.20. The van der Waals surface area contributed by atoms with Gasteiger partial charge in [0.05, 0.1) is 28.6 Å². The highest BCUT2D eigenvalue weighted by molar-refractivity contribution is 6.39. The van der Waals surface area contributed by atoms with Crippen LogP contribution in [-0.2, 0) is 14.3 Å². The summed E-state index contributed by atoms with van der Waals surface area (Å²) in [5.41, 5.74) is 1.04. The topological polar surface area (TPSA) is 80.8 Å². The van der Waals surface area contributed by atoms with Crippen molar-refractivity contribution < 1.29 is 23.9 Å². The van der Waals surface area contributed by atoms with Crippen LogP contribution in [0, 0.1) is 11.8 Å². The summed E-state index contributed by atoms with van der Waals surface area (Å²) in [6.07, 6.45) is -0.994. The summed E-state index contributed by atoms with van der Waals surface area (Å²) < 4.78 is 6.37. The molecule has 190 valence electrons. The molecule has 2 fully saturated rings. The number of ether oxygens (including phenoxy) is 1. The van der Waals surface area contributed by atoms with Crippen LogP contribution < -0.4 is 4.90 Å². The highest BCUT2D eigenvalue weighted by atomic mass is 35.5. The Hall–Kier alpha value is -4.39. The first-order chi connectivity index (χ1) is 18.9. The summed E-state index contributed by atoms with van der Waals surface area (Å²) >= 11 is 6.39. The van der Waals surface area contributed by atoms with Gasteiger partial charge in [-0.25, -0.2) is 4.90 Å². The maximum Gasteiger partial charge on any atom is 0.241 e. The minimum Gasteiger partial charge on any atom is -0.349 e. The fraction of sp³-hybridized carbons (Fsp3) is 0.125. The van der Waals surface area contributed by atoms with Gasteiger partial charge in [-0.1, -0.05) is 103 Å². The number of hydrogen-bond donors (Lipinski definition) is 0. The number of Topliss-reactive ketones (excluding diaryl/α,β-unsaturated/α-hetero) is 2. The van der Waals surface area contributed by atoms with Crippen LogP contribution in [0.15, 0.2) is 103 Å². The molecule has 0 unspecified atom stereocenters. The predicted octanol–water partition coefficient (Wildman–Crippen LogP) is 5.70. The lowest BCUT2D eigenvalue weighted by Crippen LogP contribution is -2.51. The lowest BCUT2D eigenvalue weighted by molar-refractivity contribution is -0.127. The van der Waals surface area contributed by atoms with E-state index in [-0.39, 0.29) is 21.8 Å². The molecule has 1 spiro atoms. The summed E-state index contributed by atoms with van der Waals surface area (Å²) in [7, 11) is 0. The van der Waals surface area contributed by atoms with E-state index in [4.69, 9.17) is 16.3 Å². The fourth-order valence-electron chi connectivity index (χ4n) is 6.18. The van der Waals surface area contributed by atoms with Gasteiger partial charge in [0.25, 0.3) is 0 Å². The molecule has 0 radical (unpaired) electrons. The van der Waals surface area contributed by atoms with Crippen LogP contribution in [0.5, 0.6) is 0 Å². The van der Waals surface area contributed by atoms with Gasteiger partial charge in [0.2, 0.25) is 29.0 Å². The van der Waals surface area contributed by atoms with Crippen molar-refractivity contribution in [3.8, 4) is 11.1 Å². The lowest BCUT2D eigenvalue weighted by atomic mass is 9.77. The second kappa shape index (κ2) is 8.56. The number of carbonyl (C=O) groups is 4. The first kappa shape index (κ1) is 23.7. The second-order valence-corrected chi connectivity index (χ2v) is 10.3. The standard InChI is InChI=1S/C32H20ClNO5/c33-23-12-6-7-13-24(23)34-30(37)25-26(31(34)38)32(28(35)21-10-4-5-11-22(21)29(32)36)39-27(25)20-16-14-19(15-17-20)18-8-2-1-3-9-18/h1-17,25-27H/t25-,26-,27-/m1/s1. The minimum absolute atomic E-state index is 0.192. The highest BCUT2D eigenvalue weighted by Crippen LogP contribution is 2.58. The van der Waals surface area contributed by atoms with Gasteiger partial charge in [-0.3, -0.25) is 19.2 Å². The molecule has 0 saturated carbocycles. The Labute approximate surface area is 228 Å². The monoisotopic (exact) mass is 533 g/mol. The zero-order valence-corrected chi connectivity index (χ0v) is 21.2. The van der Waals surface area contributed by atoms with E-state index in [1.807, 2.05) is 54.6 Å². The summed E-state index contributed by atoms with van der Waals surface area (Å²) in [6, 6.07) is 30.2. The van der Waals surface area contributed by atoms with Crippen molar-refractivity contribution >= 4 is 40.7 Å². The van der Waals surface area contributed by atoms with Gasteiger partial charge in [0, 0.05) is 11.1 Å². The molecule has 7 rings (SSSR count). The summed E-state index contributed by atoms with van der Waals surface area (Å²) in [4.78, 5) is 56.8. The van der Waals surface area contributed by atoms with E-state index in [1.54, 1.807) is 48.5 Å². The van der Waals surface area contributed by atoms with Gasteiger partial charge in [-0.05, 0) is 28.8 Å². The quantitative estimate of drug-likeness (QED) is 0.249. The van der Waals surface area contributed by atoms with E-state index in [0.29, 0.717) is 5.56 Å². The Morgan fingerprint density at radius 1 is 0.641 bits per heavy atom. The Morgan fingerprint density at radius 2 is 1.21 bits per heavy atom. The smallest absolute Gasteiger partial charge is 0.241 e. The van der Waals surface area contributed by atoms with Crippen molar-refractivity contribution in [3.63, 3.8) is 0 Å². The van der Waals surface area contributed by atoms with Crippen molar-refractivity contribution in [3.05, 3.63) is 125 Å². The van der Waals surface area contributed by atoms with E-state index < -0.39 is 46.9 Å². The van der Waals surface area contributed by atoms with Crippen LogP contribution in [0.25, 0.3) is 11.1 Å². The van der Waals surface area contributed by atoms with Gasteiger partial charge in [0.1, 0.15) is 0 Å². The summed E-state index contributed by atoms with van der Waals surface area (Å²) in [5.74, 6) is -4.82. The molecule has 0 bridgehead atoms. The van der Waals surface area contributed by atoms with Crippen molar-refractivity contribution in [2.75, 3.05) is 4.90 Å². The van der Waals surface area contributed by atoms with E-state index in [1.165, 1.54) is 0 Å². The second-order valence-electron chi connectivity index (χ2n) is 9.93. The maximum atomic E-state index is 14.0. The molecule has 2 amide bonds. The number of ketones is 2. The van der Waals surface area contributed by atoms with Crippen LogP contribution in [0.4, 0.5) is 5.69 Å². The van der Waals surface area contributed by atoms with Crippen molar-refractivity contribution in [1.82, 2.24) is 0 Å². The van der Waals surface area contributed by atoms with Crippen molar-refractivity contribution in [1.29, 1.82) is 0 Å². The largest absolute Gasteiger partial charge is 0.349 e. The first-order valence-corrected chi connectivity index (χ1v) is 13.0. The number of para-hydroxylation sites is 1. The van der Waals surface area contributed by atoms with Crippen LogP contribution in [0.3, 0.4) is 0 Å². The van der Waals surface area contributed by atoms with E-state index in [9.17, 15) is 19.2 Å². The Balaban J connectivity index is 1.37. The van der Waals surface area contributed by atoms with Gasteiger partial charge >= 0.3 is 0 Å². The molecule has 0 N–H and O–H groups in total. The molecule has 3 aliphatic rings. The van der Waals surface area contributed by atoms with E-state index in [0.717, 1.165) is 16.0 Å². The average molecular weight is 534 g/mol. The van der Waals surface area contributed by atoms with E-state index in [2.05, 4.69) is 0 Å². The van der Waals surface area contributed by atoms with Crippen LogP contribution in [0.2, 0.25) is 5.02 Å². The summed E-state index contributed by atoms with van der Waals surface area (Å²) in [5, 5.41) is 0.213. The Morgan fingerprint density at radius 3 is 1.85 bits per heavy atom. The molecule has 2 aliphatic heterocycles. The number of carbonyl (C=O) groups excluding carboxylic acids is 4. The lowest BCUT2D eigenvalue weighted by Gasteiger charge is -2.27. The van der Waals surface area contributed by atoms with E-state index >= 15 is 0 Å². The van der Waals surface area contributed by atoms with Crippen LogP contribution in [0.1, 0.15) is 32.4 Å². The zero-order chi connectivity index (χ0) is 26.9. The number of anilines is 1. The molecule has 0 aromatic heterocycles. The van der Waals surface area contributed by atoms with Gasteiger partial charge in [-0.2, -0.15) is 0 Å². The number of halogens is 1. The molecule has 4 aromatic rings. The maximum absolute atomic E-state index is 14.0. The molecule has 2 heterocycles. The number of hydrogen-bond acceptors (Lipinski definition) is 5. The summed E-state index contributed by atoms with van der Waals surface area (Å²) in [6.45, 7) is 0. The van der Waals surface area contributed by atoms with Crippen LogP contribution in [-0.4, -0.2) is 29.0 Å². The SMILES string of the molecule is O=C1[C@H]2[C@@H](c3ccc(-c4ccccc4)cc3)OC3(C(=O)c4ccccc4C3=O)[C@H]2C(=O)N1c1ccccc1Cl. The molecule has 7 heteroatoms. The number of imide groups is 1. The third-order valence-electron chi connectivity index (χ3n) is 7.96. The fourth-order valence-corrected chi connectivity index (χ4v) is 6.40. The molecule has 3 atom stereocenters. The molecule has 4 aromatic carbocycles. The highest BCUT2D eigenvalue weighted by Gasteiger charge is 2.74. The third-order valence-corrected chi connectivity index (χ3v) is 8.28. The van der Waals surface area contributed by atoms with Crippen LogP contribution >= 0.6 is 11.6 Å². The molecule has 39 heavy (non-hydrogen) atoms. The zero-order valence-electron chi connectivity index (χ0n) is 20.4. The third kappa shape index (κ3) is 3.19. The van der Waals surface area contributed by atoms with Crippen molar-refractivity contribution in [2.24, 2.45) is 11.8 Å². The Bertz CT molecular complexity index is 1660. The number of amides is 2. The normalized spacial score (nSPS) is 23.0. The number of fused-ring (bicyclic) bond motifs is 3. The van der Waals surface area contributed by atoms with Gasteiger partial charge in [-0.15, -0.1) is 0 Å². The number of nitrogens with zero attached hydrogens (tertiary/aromatic N) is 1.